The first-order valence-electron chi connectivity index (χ1n) is 16.2. The van der Waals surface area contributed by atoms with Gasteiger partial charge >= 0.3 is 16.1 Å². The smallest absolute Gasteiger partial charge is 0.372 e. The average Bonchev–Trinajstić information content (AvgIpc) is 3.43. The van der Waals surface area contributed by atoms with Crippen LogP contribution in [0.3, 0.4) is 0 Å². The number of carbonyl (C=O) groups excluding carboxylic acids is 2. The Morgan fingerprint density at radius 3 is 2.46 bits per heavy atom. The molecule has 4 aromatic rings. The molecule has 3 heterocycles. The Kier molecular flexibility index (Phi) is 16.3. The zero-order valence-corrected chi connectivity index (χ0v) is 31.7. The Labute approximate surface area is 312 Å². The number of thioether (sulfide) groups is 2. The molecule has 0 bridgehead atoms. The molecule has 0 saturated heterocycles. The summed E-state index contributed by atoms with van der Waals surface area (Å²) < 4.78 is 27.7. The highest BCUT2D eigenvalue weighted by atomic mass is 35.5. The topological polar surface area (TPSA) is 118 Å². The van der Waals surface area contributed by atoms with E-state index in [9.17, 15) is 18.8 Å². The number of esters is 1. The van der Waals surface area contributed by atoms with Gasteiger partial charge in [0.25, 0.3) is 0 Å². The summed E-state index contributed by atoms with van der Waals surface area (Å²) in [6, 6.07) is 13.6. The highest BCUT2D eigenvalue weighted by Gasteiger charge is 2.16. The number of hydrogen-bond donors (Lipinski definition) is 0. The minimum absolute atomic E-state index is 0.0605. The van der Waals surface area contributed by atoms with Crippen molar-refractivity contribution in [1.82, 2.24) is 19.6 Å². The molecule has 0 aliphatic carbocycles. The van der Waals surface area contributed by atoms with Crippen LogP contribution in [0.15, 0.2) is 63.2 Å². The summed E-state index contributed by atoms with van der Waals surface area (Å²) in [5, 5.41) is 7.98. The van der Waals surface area contributed by atoms with Crippen molar-refractivity contribution < 1.29 is 23.5 Å². The SMILES string of the molecule is CCCCCCCCSC(=O)Oc1cc(Cl)nnc1-c1ccccc1.COC(=O)CSc1cc(N=c2sc(=O)n3n2CCCC3)c(F)cc1Cl. The zero-order chi connectivity index (χ0) is 35.9. The number of methoxy groups -OCH3 is 1. The third-order valence-electron chi connectivity index (χ3n) is 7.37. The molecule has 1 aliphatic rings. The fourth-order valence-corrected chi connectivity index (χ4v) is 7.60. The van der Waals surface area contributed by atoms with Crippen LogP contribution < -0.4 is 14.4 Å². The van der Waals surface area contributed by atoms with E-state index in [1.807, 2.05) is 30.3 Å². The number of ether oxygens (including phenoxy) is 2. The van der Waals surface area contributed by atoms with Crippen LogP contribution >= 0.6 is 58.1 Å². The van der Waals surface area contributed by atoms with Gasteiger partial charge in [-0.1, -0.05) is 92.6 Å². The molecule has 10 nitrogen and oxygen atoms in total. The van der Waals surface area contributed by atoms with Crippen molar-refractivity contribution in [3.63, 3.8) is 0 Å². The van der Waals surface area contributed by atoms with Crippen LogP contribution in [0, 0.1) is 5.82 Å². The highest BCUT2D eigenvalue weighted by molar-refractivity contribution is 8.13. The molecular formula is C34H38Cl2FN5O5S3. The third-order valence-corrected chi connectivity index (χ3v) is 10.7. The largest absolute Gasteiger partial charge is 0.468 e. The maximum atomic E-state index is 14.3. The van der Waals surface area contributed by atoms with Crippen molar-refractivity contribution in [3.8, 4) is 17.0 Å². The first-order chi connectivity index (χ1) is 24.2. The van der Waals surface area contributed by atoms with Crippen LogP contribution in [0.2, 0.25) is 10.2 Å². The number of rotatable bonds is 13. The van der Waals surface area contributed by atoms with Gasteiger partial charge in [-0.3, -0.25) is 14.3 Å². The molecule has 50 heavy (non-hydrogen) atoms. The first kappa shape index (κ1) is 39.6. The lowest BCUT2D eigenvalue weighted by atomic mass is 10.1. The summed E-state index contributed by atoms with van der Waals surface area (Å²) in [7, 11) is 1.30. The molecule has 0 N–H and O–H groups in total. The minimum atomic E-state index is -0.580. The van der Waals surface area contributed by atoms with Gasteiger partial charge in [0, 0.05) is 35.4 Å². The molecule has 268 valence electrons. The van der Waals surface area contributed by atoms with Crippen molar-refractivity contribution in [3.05, 3.63) is 79.0 Å². The second kappa shape index (κ2) is 20.6. The predicted octanol–water partition coefficient (Wildman–Crippen LogP) is 9.18. The minimum Gasteiger partial charge on any atom is -0.468 e. The average molecular weight is 783 g/mol. The number of unbranched alkanes of at least 4 members (excludes halogenated alkanes) is 5. The van der Waals surface area contributed by atoms with Crippen LogP contribution in [-0.2, 0) is 22.6 Å². The maximum Gasteiger partial charge on any atom is 0.372 e. The molecule has 5 rings (SSSR count). The molecule has 2 aromatic carbocycles. The number of hydrogen-bond acceptors (Lipinski definition) is 11. The Hall–Kier alpha value is -3.17. The molecule has 0 amide bonds. The summed E-state index contributed by atoms with van der Waals surface area (Å²) in [5.41, 5.74) is 1.42. The van der Waals surface area contributed by atoms with Gasteiger partial charge in [-0.2, -0.15) is 0 Å². The summed E-state index contributed by atoms with van der Waals surface area (Å²) in [6.07, 6.45) is 9.09. The fourth-order valence-electron chi connectivity index (χ4n) is 4.81. The predicted molar refractivity (Wildman–Crippen MR) is 200 cm³/mol. The number of aromatic nitrogens is 4. The molecule has 0 unspecified atom stereocenters. The summed E-state index contributed by atoms with van der Waals surface area (Å²) in [5.74, 6) is 0.178. The number of fused-ring (bicyclic) bond motifs is 1. The van der Waals surface area contributed by atoms with E-state index in [4.69, 9.17) is 27.9 Å². The second-order valence-electron chi connectivity index (χ2n) is 11.0. The Morgan fingerprint density at radius 2 is 1.72 bits per heavy atom. The third kappa shape index (κ3) is 12.0. The molecule has 0 spiro atoms. The van der Waals surface area contributed by atoms with Crippen LogP contribution in [0.25, 0.3) is 11.3 Å². The molecule has 2 aromatic heterocycles. The number of benzene rings is 2. The van der Waals surface area contributed by atoms with Crippen molar-refractivity contribution >= 4 is 75.0 Å². The number of halogens is 3. The monoisotopic (exact) mass is 781 g/mol. The lowest BCUT2D eigenvalue weighted by Crippen LogP contribution is -2.31. The van der Waals surface area contributed by atoms with E-state index >= 15 is 0 Å². The lowest BCUT2D eigenvalue weighted by Gasteiger charge is -2.15. The van der Waals surface area contributed by atoms with E-state index in [0.29, 0.717) is 34.2 Å². The van der Waals surface area contributed by atoms with Crippen LogP contribution in [0.4, 0.5) is 14.9 Å². The Morgan fingerprint density at radius 1 is 1.00 bits per heavy atom. The Bertz CT molecular complexity index is 1870. The molecule has 0 atom stereocenters. The van der Waals surface area contributed by atoms with E-state index in [1.54, 1.807) is 9.36 Å². The lowest BCUT2D eigenvalue weighted by molar-refractivity contribution is -0.137. The van der Waals surface area contributed by atoms with Crippen LogP contribution in [-0.4, -0.2) is 49.4 Å². The van der Waals surface area contributed by atoms with E-state index in [-0.39, 0.29) is 31.8 Å². The molecule has 0 fully saturated rings. The Balaban J connectivity index is 0.000000225. The summed E-state index contributed by atoms with van der Waals surface area (Å²) >= 11 is 15.3. The van der Waals surface area contributed by atoms with Crippen molar-refractivity contribution in [2.75, 3.05) is 18.6 Å². The highest BCUT2D eigenvalue weighted by Crippen LogP contribution is 2.33. The van der Waals surface area contributed by atoms with Gasteiger partial charge in [-0.15, -0.1) is 22.0 Å². The van der Waals surface area contributed by atoms with Crippen molar-refractivity contribution in [2.45, 2.75) is 76.3 Å². The molecule has 0 saturated carbocycles. The van der Waals surface area contributed by atoms with Gasteiger partial charge in [0.2, 0.25) is 4.80 Å². The molecule has 1 aliphatic heterocycles. The quantitative estimate of drug-likeness (QED) is 0.0744. The van der Waals surface area contributed by atoms with E-state index in [0.717, 1.165) is 66.2 Å². The van der Waals surface area contributed by atoms with Gasteiger partial charge in [0.15, 0.2) is 10.9 Å². The van der Waals surface area contributed by atoms with E-state index in [1.165, 1.54) is 56.7 Å². The van der Waals surface area contributed by atoms with Gasteiger partial charge in [-0.25, -0.2) is 18.9 Å². The molecular weight excluding hydrogens is 745 g/mol. The van der Waals surface area contributed by atoms with Gasteiger partial charge in [-0.05, 0) is 54.5 Å². The standard InChI is InChI=1S/C19H23ClN2O2S.C15H15ClFN3O3S2/c1-2-3-4-5-6-10-13-25-19(23)24-16-14-17(20)21-22-18(16)15-11-8-7-9-12-15;1-23-13(21)8-24-12-7-11(10(17)6-9(12)16)18-14-19-4-2-3-5-20(19)15(22)25-14/h7-9,11-12,14H,2-6,10,13H2,1H3;6-7H,2-5,8H2,1H3. The van der Waals surface area contributed by atoms with Gasteiger partial charge in [0.1, 0.15) is 17.2 Å². The van der Waals surface area contributed by atoms with Gasteiger partial charge < -0.3 is 9.47 Å². The molecule has 16 heteroatoms. The zero-order valence-electron chi connectivity index (χ0n) is 27.7. The van der Waals surface area contributed by atoms with Crippen LogP contribution in [0.1, 0.15) is 58.3 Å². The number of carbonyl (C=O) groups is 2. The van der Waals surface area contributed by atoms with Crippen molar-refractivity contribution in [2.24, 2.45) is 4.99 Å². The van der Waals surface area contributed by atoms with Crippen molar-refractivity contribution in [1.29, 1.82) is 0 Å². The normalized spacial score (nSPS) is 12.5. The van der Waals surface area contributed by atoms with Gasteiger partial charge in [0.05, 0.1) is 17.9 Å². The van der Waals surface area contributed by atoms with E-state index in [2.05, 4.69) is 26.9 Å². The maximum absolute atomic E-state index is 14.3. The summed E-state index contributed by atoms with van der Waals surface area (Å²) in [4.78, 5) is 40.6. The summed E-state index contributed by atoms with van der Waals surface area (Å²) in [6.45, 7) is 3.53. The first-order valence-corrected chi connectivity index (χ1v) is 19.7. The number of nitrogens with zero attached hydrogens (tertiary/aromatic N) is 5. The van der Waals surface area contributed by atoms with Crippen LogP contribution in [0.5, 0.6) is 5.75 Å². The fraction of sp³-hybridized carbons (Fsp3) is 0.412. The second-order valence-corrected chi connectivity index (χ2v) is 14.8. The van der Waals surface area contributed by atoms with E-state index < -0.39 is 11.8 Å². The molecule has 0 radical (unpaired) electrons.